The van der Waals surface area contributed by atoms with Gasteiger partial charge in [-0.3, -0.25) is 0 Å². The van der Waals surface area contributed by atoms with Crippen molar-refractivity contribution in [2.45, 2.75) is 19.3 Å². The standard InChI is InChI=1S/C19H20O4/c1-19(2,15-9-5-13(6-10-15)17(20)22-3)16-11-7-14(8-12-16)18(21)23-4/h5-12H,1-4H3. The van der Waals surface area contributed by atoms with Crippen molar-refractivity contribution in [1.82, 2.24) is 0 Å². The van der Waals surface area contributed by atoms with Gasteiger partial charge in [-0.25, -0.2) is 9.59 Å². The lowest BCUT2D eigenvalue weighted by Crippen LogP contribution is -2.19. The van der Waals surface area contributed by atoms with E-state index in [0.717, 1.165) is 11.1 Å². The number of rotatable bonds is 4. The molecule has 0 atom stereocenters. The summed E-state index contributed by atoms with van der Waals surface area (Å²) in [7, 11) is 2.73. The first-order chi connectivity index (χ1) is 10.9. The summed E-state index contributed by atoms with van der Waals surface area (Å²) in [6.07, 6.45) is 0. The van der Waals surface area contributed by atoms with Crippen LogP contribution < -0.4 is 0 Å². The van der Waals surface area contributed by atoms with Gasteiger partial charge in [-0.2, -0.15) is 0 Å². The van der Waals surface area contributed by atoms with Gasteiger partial charge in [0.1, 0.15) is 0 Å². The fourth-order valence-electron chi connectivity index (χ4n) is 2.45. The van der Waals surface area contributed by atoms with Crippen molar-refractivity contribution in [3.05, 3.63) is 70.8 Å². The van der Waals surface area contributed by atoms with Crippen LogP contribution in [0.2, 0.25) is 0 Å². The van der Waals surface area contributed by atoms with Gasteiger partial charge in [-0.1, -0.05) is 38.1 Å². The second-order valence-electron chi connectivity index (χ2n) is 5.76. The van der Waals surface area contributed by atoms with E-state index in [2.05, 4.69) is 13.8 Å². The zero-order chi connectivity index (χ0) is 17.0. The molecule has 0 saturated carbocycles. The number of esters is 2. The van der Waals surface area contributed by atoms with E-state index in [1.54, 1.807) is 24.3 Å². The van der Waals surface area contributed by atoms with Crippen LogP contribution in [0.1, 0.15) is 45.7 Å². The van der Waals surface area contributed by atoms with E-state index in [9.17, 15) is 9.59 Å². The van der Waals surface area contributed by atoms with Crippen LogP contribution in [-0.4, -0.2) is 26.2 Å². The minimum absolute atomic E-state index is 0.261. The van der Waals surface area contributed by atoms with Gasteiger partial charge in [0.2, 0.25) is 0 Å². The van der Waals surface area contributed by atoms with Crippen molar-refractivity contribution in [1.29, 1.82) is 0 Å². The topological polar surface area (TPSA) is 52.6 Å². The Bertz CT molecular complexity index is 636. The van der Waals surface area contributed by atoms with Crippen LogP contribution in [0.25, 0.3) is 0 Å². The Labute approximate surface area is 136 Å². The average molecular weight is 312 g/mol. The first-order valence-electron chi connectivity index (χ1n) is 7.28. The molecular weight excluding hydrogens is 292 g/mol. The third-order valence-electron chi connectivity index (χ3n) is 4.06. The highest BCUT2D eigenvalue weighted by molar-refractivity contribution is 5.89. The molecule has 0 amide bonds. The number of carbonyl (C=O) groups is 2. The van der Waals surface area contributed by atoms with E-state index >= 15 is 0 Å². The number of carbonyl (C=O) groups excluding carboxylic acids is 2. The van der Waals surface area contributed by atoms with Crippen LogP contribution in [0.3, 0.4) is 0 Å². The average Bonchev–Trinajstić information content (AvgIpc) is 2.60. The van der Waals surface area contributed by atoms with Crippen LogP contribution in [0.15, 0.2) is 48.5 Å². The second-order valence-corrected chi connectivity index (χ2v) is 5.76. The Balaban J connectivity index is 2.30. The molecule has 0 bridgehead atoms. The third kappa shape index (κ3) is 3.42. The second kappa shape index (κ2) is 6.65. The molecule has 0 aliphatic rings. The summed E-state index contributed by atoms with van der Waals surface area (Å²) in [6.45, 7) is 4.18. The number of hydrogen-bond donors (Lipinski definition) is 0. The molecule has 0 aromatic heterocycles. The molecule has 0 unspecified atom stereocenters. The lowest BCUT2D eigenvalue weighted by Gasteiger charge is -2.26. The fraction of sp³-hybridized carbons (Fsp3) is 0.263. The molecule has 0 heterocycles. The summed E-state index contributed by atoms with van der Waals surface area (Å²) in [6, 6.07) is 14.7. The number of benzene rings is 2. The Hall–Kier alpha value is -2.62. The summed E-state index contributed by atoms with van der Waals surface area (Å²) in [5.41, 5.74) is 2.91. The van der Waals surface area contributed by atoms with Gasteiger partial charge in [0, 0.05) is 5.41 Å². The fourth-order valence-corrected chi connectivity index (χ4v) is 2.45. The van der Waals surface area contributed by atoms with E-state index in [1.165, 1.54) is 14.2 Å². The first-order valence-corrected chi connectivity index (χ1v) is 7.28. The molecule has 0 saturated heterocycles. The maximum Gasteiger partial charge on any atom is 0.337 e. The van der Waals surface area contributed by atoms with E-state index in [1.807, 2.05) is 24.3 Å². The first kappa shape index (κ1) is 16.7. The van der Waals surface area contributed by atoms with Crippen LogP contribution >= 0.6 is 0 Å². The number of methoxy groups -OCH3 is 2. The lowest BCUT2D eigenvalue weighted by atomic mass is 9.78. The minimum Gasteiger partial charge on any atom is -0.465 e. The zero-order valence-electron chi connectivity index (χ0n) is 13.8. The van der Waals surface area contributed by atoms with Crippen molar-refractivity contribution in [3.8, 4) is 0 Å². The summed E-state index contributed by atoms with van der Waals surface area (Å²) in [4.78, 5) is 23.0. The van der Waals surface area contributed by atoms with E-state index in [0.29, 0.717) is 11.1 Å². The summed E-state index contributed by atoms with van der Waals surface area (Å²) in [5.74, 6) is -0.700. The number of ether oxygens (including phenoxy) is 2. The molecule has 23 heavy (non-hydrogen) atoms. The quantitative estimate of drug-likeness (QED) is 0.810. The molecule has 2 aromatic rings. The highest BCUT2D eigenvalue weighted by Crippen LogP contribution is 2.31. The van der Waals surface area contributed by atoms with Crippen LogP contribution in [-0.2, 0) is 14.9 Å². The molecule has 0 aliphatic carbocycles. The molecule has 0 fully saturated rings. The molecule has 0 aliphatic heterocycles. The summed E-state index contributed by atoms with van der Waals surface area (Å²) in [5, 5.41) is 0. The molecular formula is C19H20O4. The van der Waals surface area contributed by atoms with Crippen molar-refractivity contribution < 1.29 is 19.1 Å². The van der Waals surface area contributed by atoms with Gasteiger partial charge in [0.25, 0.3) is 0 Å². The maximum atomic E-state index is 11.5. The predicted molar refractivity (Wildman–Crippen MR) is 87.7 cm³/mol. The third-order valence-corrected chi connectivity index (χ3v) is 4.06. The Morgan fingerprint density at radius 3 is 1.26 bits per heavy atom. The largest absolute Gasteiger partial charge is 0.465 e. The zero-order valence-corrected chi connectivity index (χ0v) is 13.8. The molecule has 4 heteroatoms. The van der Waals surface area contributed by atoms with Crippen molar-refractivity contribution in [2.24, 2.45) is 0 Å². The maximum absolute atomic E-state index is 11.5. The molecule has 120 valence electrons. The highest BCUT2D eigenvalue weighted by atomic mass is 16.5. The molecule has 2 rings (SSSR count). The van der Waals surface area contributed by atoms with Crippen molar-refractivity contribution >= 4 is 11.9 Å². The van der Waals surface area contributed by atoms with Crippen LogP contribution in [0.4, 0.5) is 0 Å². The molecule has 0 radical (unpaired) electrons. The van der Waals surface area contributed by atoms with Gasteiger partial charge in [0.05, 0.1) is 25.3 Å². The number of hydrogen-bond acceptors (Lipinski definition) is 4. The molecule has 4 nitrogen and oxygen atoms in total. The van der Waals surface area contributed by atoms with Gasteiger partial charge >= 0.3 is 11.9 Å². The van der Waals surface area contributed by atoms with E-state index < -0.39 is 0 Å². The monoisotopic (exact) mass is 312 g/mol. The van der Waals surface area contributed by atoms with Gasteiger partial charge < -0.3 is 9.47 Å². The highest BCUT2D eigenvalue weighted by Gasteiger charge is 2.23. The van der Waals surface area contributed by atoms with Crippen LogP contribution in [0, 0.1) is 0 Å². The van der Waals surface area contributed by atoms with Crippen molar-refractivity contribution in [3.63, 3.8) is 0 Å². The predicted octanol–water partition coefficient (Wildman–Crippen LogP) is 3.59. The summed E-state index contributed by atoms with van der Waals surface area (Å²) < 4.78 is 9.42. The van der Waals surface area contributed by atoms with Gasteiger partial charge in [-0.15, -0.1) is 0 Å². The molecule has 0 spiro atoms. The Morgan fingerprint density at radius 2 is 1.00 bits per heavy atom. The normalized spacial score (nSPS) is 11.0. The van der Waals surface area contributed by atoms with Crippen molar-refractivity contribution in [2.75, 3.05) is 14.2 Å². The Morgan fingerprint density at radius 1 is 0.696 bits per heavy atom. The van der Waals surface area contributed by atoms with Crippen LogP contribution in [0.5, 0.6) is 0 Å². The van der Waals surface area contributed by atoms with E-state index in [4.69, 9.17) is 9.47 Å². The Kier molecular flexibility index (Phi) is 4.84. The molecule has 2 aromatic carbocycles. The molecule has 0 N–H and O–H groups in total. The van der Waals surface area contributed by atoms with Gasteiger partial charge in [0.15, 0.2) is 0 Å². The SMILES string of the molecule is COC(=O)c1ccc(C(C)(C)c2ccc(C(=O)OC)cc2)cc1. The lowest BCUT2D eigenvalue weighted by molar-refractivity contribution is 0.0592. The minimum atomic E-state index is -0.350. The summed E-state index contributed by atoms with van der Waals surface area (Å²) >= 11 is 0. The smallest absolute Gasteiger partial charge is 0.337 e. The van der Waals surface area contributed by atoms with E-state index in [-0.39, 0.29) is 17.4 Å². The van der Waals surface area contributed by atoms with Gasteiger partial charge in [-0.05, 0) is 35.4 Å².